The molecule has 1 aromatic heterocycles. The van der Waals surface area contributed by atoms with Crippen LogP contribution < -0.4 is 19.5 Å². The van der Waals surface area contributed by atoms with Crippen LogP contribution in [0.1, 0.15) is 13.8 Å². The molecule has 7 heteroatoms. The standard InChI is InChI=1S/C21H22N2O5/c1-13(2)27-21(24)23-14-5-7-15(8-6-14)28-18-9-10-22-17-12-20(26-4)19(25-3)11-16(17)18/h5-13H,1-4H3,(H,23,24). The summed E-state index contributed by atoms with van der Waals surface area (Å²) >= 11 is 0. The third-order valence-electron chi connectivity index (χ3n) is 3.88. The first kappa shape index (κ1) is 19.3. The van der Waals surface area contributed by atoms with E-state index in [1.807, 2.05) is 6.07 Å². The molecule has 2 aromatic carbocycles. The van der Waals surface area contributed by atoms with Crippen LogP contribution in [-0.2, 0) is 4.74 Å². The second kappa shape index (κ2) is 8.47. The largest absolute Gasteiger partial charge is 0.493 e. The van der Waals surface area contributed by atoms with E-state index in [0.29, 0.717) is 28.7 Å². The maximum absolute atomic E-state index is 11.7. The molecular formula is C21H22N2O5. The van der Waals surface area contributed by atoms with Gasteiger partial charge in [0.25, 0.3) is 0 Å². The molecule has 0 aliphatic carbocycles. The van der Waals surface area contributed by atoms with Crippen LogP contribution in [0.3, 0.4) is 0 Å². The molecule has 28 heavy (non-hydrogen) atoms. The summed E-state index contributed by atoms with van der Waals surface area (Å²) in [5.41, 5.74) is 1.34. The molecule has 1 amide bonds. The Balaban J connectivity index is 1.81. The third-order valence-corrected chi connectivity index (χ3v) is 3.88. The normalized spacial score (nSPS) is 10.6. The third kappa shape index (κ3) is 4.43. The molecule has 0 atom stereocenters. The van der Waals surface area contributed by atoms with Crippen molar-refractivity contribution in [3.8, 4) is 23.0 Å². The van der Waals surface area contributed by atoms with Crippen molar-refractivity contribution >= 4 is 22.7 Å². The van der Waals surface area contributed by atoms with Crippen molar-refractivity contribution in [2.75, 3.05) is 19.5 Å². The van der Waals surface area contributed by atoms with Gasteiger partial charge in [-0.1, -0.05) is 0 Å². The minimum Gasteiger partial charge on any atom is -0.493 e. The first-order valence-corrected chi connectivity index (χ1v) is 8.76. The summed E-state index contributed by atoms with van der Waals surface area (Å²) in [6, 6.07) is 12.4. The van der Waals surface area contributed by atoms with Crippen LogP contribution in [0.15, 0.2) is 48.7 Å². The summed E-state index contributed by atoms with van der Waals surface area (Å²) < 4.78 is 21.8. The molecular weight excluding hydrogens is 360 g/mol. The van der Waals surface area contributed by atoms with E-state index < -0.39 is 6.09 Å². The summed E-state index contributed by atoms with van der Waals surface area (Å²) in [5.74, 6) is 2.44. The van der Waals surface area contributed by atoms with Crippen LogP contribution in [0.25, 0.3) is 10.9 Å². The average Bonchev–Trinajstić information content (AvgIpc) is 2.68. The molecule has 0 unspecified atom stereocenters. The van der Waals surface area contributed by atoms with Crippen LogP contribution >= 0.6 is 0 Å². The van der Waals surface area contributed by atoms with Crippen molar-refractivity contribution in [3.05, 3.63) is 48.7 Å². The quantitative estimate of drug-likeness (QED) is 0.646. The minimum absolute atomic E-state index is 0.182. The Morgan fingerprint density at radius 3 is 2.29 bits per heavy atom. The molecule has 0 radical (unpaired) electrons. The Kier molecular flexibility index (Phi) is 5.84. The molecule has 3 aromatic rings. The van der Waals surface area contributed by atoms with E-state index in [1.165, 1.54) is 0 Å². The molecule has 3 rings (SSSR count). The molecule has 0 saturated carbocycles. The van der Waals surface area contributed by atoms with Crippen LogP contribution in [0.4, 0.5) is 10.5 Å². The summed E-state index contributed by atoms with van der Waals surface area (Å²) in [4.78, 5) is 16.0. The van der Waals surface area contributed by atoms with Crippen molar-refractivity contribution < 1.29 is 23.7 Å². The Hall–Kier alpha value is -3.48. The molecule has 1 heterocycles. The van der Waals surface area contributed by atoms with E-state index >= 15 is 0 Å². The monoisotopic (exact) mass is 382 g/mol. The van der Waals surface area contributed by atoms with Gasteiger partial charge in [0.15, 0.2) is 11.5 Å². The Bertz CT molecular complexity index is 970. The highest BCUT2D eigenvalue weighted by Gasteiger charge is 2.11. The van der Waals surface area contributed by atoms with Crippen molar-refractivity contribution in [3.63, 3.8) is 0 Å². The van der Waals surface area contributed by atoms with Gasteiger partial charge in [0, 0.05) is 23.3 Å². The second-order valence-electron chi connectivity index (χ2n) is 6.24. The Morgan fingerprint density at radius 2 is 1.64 bits per heavy atom. The summed E-state index contributed by atoms with van der Waals surface area (Å²) in [7, 11) is 3.16. The van der Waals surface area contributed by atoms with E-state index in [-0.39, 0.29) is 6.10 Å². The van der Waals surface area contributed by atoms with Gasteiger partial charge in [0.2, 0.25) is 0 Å². The van der Waals surface area contributed by atoms with Crippen molar-refractivity contribution in [2.45, 2.75) is 20.0 Å². The molecule has 1 N–H and O–H groups in total. The Morgan fingerprint density at radius 1 is 0.964 bits per heavy atom. The number of hydrogen-bond donors (Lipinski definition) is 1. The maximum Gasteiger partial charge on any atom is 0.411 e. The van der Waals surface area contributed by atoms with Crippen LogP contribution in [0.5, 0.6) is 23.0 Å². The highest BCUT2D eigenvalue weighted by Crippen LogP contribution is 2.36. The number of methoxy groups -OCH3 is 2. The molecule has 0 fully saturated rings. The van der Waals surface area contributed by atoms with Gasteiger partial charge in [-0.05, 0) is 50.2 Å². The van der Waals surface area contributed by atoms with E-state index in [2.05, 4.69) is 10.3 Å². The number of ether oxygens (including phenoxy) is 4. The number of nitrogens with zero attached hydrogens (tertiary/aromatic N) is 1. The number of aromatic nitrogens is 1. The van der Waals surface area contributed by atoms with E-state index in [9.17, 15) is 4.79 Å². The van der Waals surface area contributed by atoms with Gasteiger partial charge in [-0.25, -0.2) is 4.79 Å². The van der Waals surface area contributed by atoms with Gasteiger partial charge in [-0.2, -0.15) is 0 Å². The number of pyridine rings is 1. The topological polar surface area (TPSA) is 78.9 Å². The molecule has 146 valence electrons. The fraction of sp³-hybridized carbons (Fsp3) is 0.238. The molecule has 7 nitrogen and oxygen atoms in total. The minimum atomic E-state index is -0.496. The predicted molar refractivity (Wildman–Crippen MR) is 107 cm³/mol. The zero-order valence-electron chi connectivity index (χ0n) is 16.2. The molecule has 0 bridgehead atoms. The predicted octanol–water partition coefficient (Wildman–Crippen LogP) is 5.00. The summed E-state index contributed by atoms with van der Waals surface area (Å²) in [6.45, 7) is 3.58. The number of benzene rings is 2. The number of carbonyl (C=O) groups excluding carboxylic acids is 1. The van der Waals surface area contributed by atoms with Crippen molar-refractivity contribution in [1.82, 2.24) is 4.98 Å². The number of nitrogens with one attached hydrogen (secondary N) is 1. The molecule has 0 spiro atoms. The van der Waals surface area contributed by atoms with Gasteiger partial charge in [0.1, 0.15) is 11.5 Å². The van der Waals surface area contributed by atoms with Gasteiger partial charge in [0.05, 0.1) is 25.8 Å². The van der Waals surface area contributed by atoms with Gasteiger partial charge in [-0.3, -0.25) is 10.3 Å². The van der Waals surface area contributed by atoms with Crippen LogP contribution in [-0.4, -0.2) is 31.4 Å². The number of fused-ring (bicyclic) bond motifs is 1. The summed E-state index contributed by atoms with van der Waals surface area (Å²) in [5, 5.41) is 3.46. The lowest BCUT2D eigenvalue weighted by molar-refractivity contribution is 0.130. The lowest BCUT2D eigenvalue weighted by Gasteiger charge is -2.13. The first-order chi connectivity index (χ1) is 13.5. The highest BCUT2D eigenvalue weighted by molar-refractivity contribution is 5.88. The number of amides is 1. The van der Waals surface area contributed by atoms with Crippen LogP contribution in [0.2, 0.25) is 0 Å². The van der Waals surface area contributed by atoms with Crippen molar-refractivity contribution in [1.29, 1.82) is 0 Å². The number of rotatable bonds is 6. The number of anilines is 1. The SMILES string of the molecule is COc1cc2nccc(Oc3ccc(NC(=O)OC(C)C)cc3)c2cc1OC. The number of carbonyl (C=O) groups is 1. The first-order valence-electron chi connectivity index (χ1n) is 8.76. The zero-order valence-corrected chi connectivity index (χ0v) is 16.2. The van der Waals surface area contributed by atoms with E-state index in [4.69, 9.17) is 18.9 Å². The van der Waals surface area contributed by atoms with Crippen LogP contribution in [0, 0.1) is 0 Å². The fourth-order valence-electron chi connectivity index (χ4n) is 2.63. The lowest BCUT2D eigenvalue weighted by Crippen LogP contribution is -2.17. The van der Waals surface area contributed by atoms with Gasteiger partial charge in [-0.15, -0.1) is 0 Å². The van der Waals surface area contributed by atoms with E-state index in [1.54, 1.807) is 70.7 Å². The van der Waals surface area contributed by atoms with Crippen molar-refractivity contribution in [2.24, 2.45) is 0 Å². The number of hydrogen-bond acceptors (Lipinski definition) is 6. The molecule has 0 saturated heterocycles. The summed E-state index contributed by atoms with van der Waals surface area (Å²) in [6.07, 6.45) is 0.990. The fourth-order valence-corrected chi connectivity index (χ4v) is 2.63. The maximum atomic E-state index is 11.7. The lowest BCUT2D eigenvalue weighted by atomic mass is 10.2. The zero-order chi connectivity index (χ0) is 20.1. The smallest absolute Gasteiger partial charge is 0.411 e. The van der Waals surface area contributed by atoms with E-state index in [0.717, 1.165) is 10.9 Å². The molecule has 0 aliphatic rings. The van der Waals surface area contributed by atoms with Gasteiger partial charge < -0.3 is 18.9 Å². The second-order valence-corrected chi connectivity index (χ2v) is 6.24. The highest BCUT2D eigenvalue weighted by atomic mass is 16.6. The molecule has 0 aliphatic heterocycles. The van der Waals surface area contributed by atoms with Gasteiger partial charge >= 0.3 is 6.09 Å². The average molecular weight is 382 g/mol. The Labute approximate surface area is 163 Å².